The number of nitrogens with zero attached hydrogens (tertiary/aromatic N) is 2. The first-order valence-electron chi connectivity index (χ1n) is 11.7. The third-order valence-corrected chi connectivity index (χ3v) is 7.26. The Balaban J connectivity index is 2.52. The van der Waals surface area contributed by atoms with Gasteiger partial charge in [0.1, 0.15) is 12.6 Å². The van der Waals surface area contributed by atoms with Crippen LogP contribution in [0.3, 0.4) is 0 Å². The third-order valence-electron chi connectivity index (χ3n) is 5.56. The molecule has 2 aromatic rings. The van der Waals surface area contributed by atoms with Gasteiger partial charge in [-0.15, -0.1) is 0 Å². The molecule has 0 aliphatic heterocycles. The summed E-state index contributed by atoms with van der Waals surface area (Å²) in [6.45, 7) is 4.91. The largest absolute Gasteiger partial charge is 0.416 e. The second-order valence-electron chi connectivity index (χ2n) is 9.14. The number of halogens is 5. The third kappa shape index (κ3) is 8.78. The zero-order valence-corrected chi connectivity index (χ0v) is 23.7. The van der Waals surface area contributed by atoms with Gasteiger partial charge in [-0.2, -0.15) is 13.2 Å². The van der Waals surface area contributed by atoms with Crippen LogP contribution in [0.25, 0.3) is 0 Å². The lowest BCUT2D eigenvalue weighted by molar-refractivity contribution is -0.140. The van der Waals surface area contributed by atoms with Gasteiger partial charge in [0.2, 0.25) is 21.8 Å². The van der Waals surface area contributed by atoms with Gasteiger partial charge in [-0.3, -0.25) is 13.9 Å². The van der Waals surface area contributed by atoms with Gasteiger partial charge in [-0.05, 0) is 48.2 Å². The SMILES string of the molecule is CC[C@H](C(=O)NCC(C)C)N(Cc1ccc(Cl)cc1)C(=O)CN(c1cc(C(F)(F)F)ccc1Cl)S(C)(=O)=O. The molecule has 0 fully saturated rings. The molecule has 0 aliphatic carbocycles. The summed E-state index contributed by atoms with van der Waals surface area (Å²) in [4.78, 5) is 27.9. The first-order valence-corrected chi connectivity index (χ1v) is 14.3. The van der Waals surface area contributed by atoms with E-state index in [9.17, 15) is 31.2 Å². The molecule has 38 heavy (non-hydrogen) atoms. The van der Waals surface area contributed by atoms with E-state index in [4.69, 9.17) is 23.2 Å². The Bertz CT molecular complexity index is 1240. The maximum atomic E-state index is 13.6. The molecule has 1 N–H and O–H groups in total. The number of carbonyl (C=O) groups excluding carboxylic acids is 2. The van der Waals surface area contributed by atoms with E-state index in [0.29, 0.717) is 33.6 Å². The van der Waals surface area contributed by atoms with Gasteiger partial charge < -0.3 is 10.2 Å². The van der Waals surface area contributed by atoms with Gasteiger partial charge in [-0.1, -0.05) is 56.1 Å². The van der Waals surface area contributed by atoms with Gasteiger partial charge in [0, 0.05) is 18.1 Å². The molecule has 1 atom stereocenters. The number of rotatable bonds is 11. The Hall–Kier alpha value is -2.50. The van der Waals surface area contributed by atoms with Crippen molar-refractivity contribution in [2.45, 2.75) is 46.0 Å². The summed E-state index contributed by atoms with van der Waals surface area (Å²) in [5, 5.41) is 2.94. The van der Waals surface area contributed by atoms with Crippen molar-refractivity contribution < 1.29 is 31.2 Å². The van der Waals surface area contributed by atoms with E-state index < -0.39 is 51.9 Å². The number of benzene rings is 2. The zero-order valence-electron chi connectivity index (χ0n) is 21.4. The summed E-state index contributed by atoms with van der Waals surface area (Å²) in [6.07, 6.45) is -3.81. The molecule has 0 aromatic heterocycles. The summed E-state index contributed by atoms with van der Waals surface area (Å²) < 4.78 is 65.9. The molecule has 0 saturated carbocycles. The highest BCUT2D eigenvalue weighted by molar-refractivity contribution is 7.92. The smallest absolute Gasteiger partial charge is 0.354 e. The van der Waals surface area contributed by atoms with Crippen molar-refractivity contribution in [1.82, 2.24) is 10.2 Å². The Kier molecular flexibility index (Phi) is 10.9. The molecule has 2 aromatic carbocycles. The Morgan fingerprint density at radius 2 is 1.66 bits per heavy atom. The van der Waals surface area contributed by atoms with Gasteiger partial charge in [0.25, 0.3) is 0 Å². The number of hydrogen-bond donors (Lipinski definition) is 1. The lowest BCUT2D eigenvalue weighted by Crippen LogP contribution is -2.52. The van der Waals surface area contributed by atoms with E-state index in [1.807, 2.05) is 13.8 Å². The highest BCUT2D eigenvalue weighted by atomic mass is 35.5. The quantitative estimate of drug-likeness (QED) is 0.379. The van der Waals surface area contributed by atoms with E-state index in [1.54, 1.807) is 31.2 Å². The van der Waals surface area contributed by atoms with Crippen LogP contribution in [0.4, 0.5) is 18.9 Å². The predicted molar refractivity (Wildman–Crippen MR) is 143 cm³/mol. The molecule has 0 aliphatic rings. The molecular weight excluding hydrogens is 566 g/mol. The second kappa shape index (κ2) is 13.0. The van der Waals surface area contributed by atoms with Crippen molar-refractivity contribution in [3.63, 3.8) is 0 Å². The number of carbonyl (C=O) groups is 2. The molecule has 2 amide bonds. The monoisotopic (exact) mass is 595 g/mol. The van der Waals surface area contributed by atoms with Crippen molar-refractivity contribution in [3.05, 3.63) is 63.6 Å². The van der Waals surface area contributed by atoms with E-state index >= 15 is 0 Å². The fourth-order valence-electron chi connectivity index (χ4n) is 3.60. The average molecular weight is 596 g/mol. The van der Waals surface area contributed by atoms with Crippen molar-refractivity contribution in [3.8, 4) is 0 Å². The topological polar surface area (TPSA) is 86.8 Å². The number of anilines is 1. The summed E-state index contributed by atoms with van der Waals surface area (Å²) in [6, 6.07) is 7.74. The second-order valence-corrected chi connectivity index (χ2v) is 11.9. The Morgan fingerprint density at radius 3 is 2.16 bits per heavy atom. The van der Waals surface area contributed by atoms with Crippen LogP contribution in [-0.2, 0) is 32.3 Å². The molecule has 0 spiro atoms. The van der Waals surface area contributed by atoms with Crippen LogP contribution < -0.4 is 9.62 Å². The standard InChI is InChI=1S/C25H30Cl2F3N3O4S/c1-5-21(24(35)31-13-16(2)3)32(14-17-6-9-19(26)10-7-17)23(34)15-33(38(4,36)37)22-12-18(25(28,29)30)8-11-20(22)27/h6-12,16,21H,5,13-15H2,1-4H3,(H,31,35)/t21-/m1/s1. The minimum absolute atomic E-state index is 0.0719. The predicted octanol–water partition coefficient (Wildman–Crippen LogP) is 5.36. The molecule has 0 unspecified atom stereocenters. The van der Waals surface area contributed by atoms with Crippen molar-refractivity contribution in [2.75, 3.05) is 23.7 Å². The highest BCUT2D eigenvalue weighted by Gasteiger charge is 2.35. The lowest BCUT2D eigenvalue weighted by atomic mass is 10.1. The van der Waals surface area contributed by atoms with Crippen molar-refractivity contribution >= 4 is 50.7 Å². The Labute approximate surface area is 230 Å². The first-order chi connectivity index (χ1) is 17.5. The van der Waals surface area contributed by atoms with Gasteiger partial charge >= 0.3 is 6.18 Å². The van der Waals surface area contributed by atoms with Gasteiger partial charge in [0.15, 0.2) is 0 Å². The summed E-state index contributed by atoms with van der Waals surface area (Å²) in [7, 11) is -4.27. The molecular formula is C25H30Cl2F3N3O4S. The number of amides is 2. The van der Waals surface area contributed by atoms with Crippen LogP contribution in [0, 0.1) is 5.92 Å². The minimum Gasteiger partial charge on any atom is -0.354 e. The molecule has 0 radical (unpaired) electrons. The number of sulfonamides is 1. The zero-order chi connectivity index (χ0) is 28.8. The number of hydrogen-bond acceptors (Lipinski definition) is 4. The molecule has 0 saturated heterocycles. The molecule has 7 nitrogen and oxygen atoms in total. The molecule has 13 heteroatoms. The maximum Gasteiger partial charge on any atom is 0.416 e. The lowest BCUT2D eigenvalue weighted by Gasteiger charge is -2.33. The van der Waals surface area contributed by atoms with Crippen molar-refractivity contribution in [1.29, 1.82) is 0 Å². The minimum atomic E-state index is -4.77. The molecule has 210 valence electrons. The van der Waals surface area contributed by atoms with E-state index in [2.05, 4.69) is 5.32 Å². The molecule has 0 bridgehead atoms. The van der Waals surface area contributed by atoms with Crippen LogP contribution in [0.2, 0.25) is 10.0 Å². The summed E-state index contributed by atoms with van der Waals surface area (Å²) >= 11 is 12.0. The van der Waals surface area contributed by atoms with E-state index in [1.165, 1.54) is 4.90 Å². The Morgan fingerprint density at radius 1 is 1.05 bits per heavy atom. The summed E-state index contributed by atoms with van der Waals surface area (Å²) in [5.74, 6) is -1.10. The first kappa shape index (κ1) is 31.7. The maximum absolute atomic E-state index is 13.6. The van der Waals surface area contributed by atoms with Gasteiger partial charge in [0.05, 0.1) is 22.5 Å². The summed E-state index contributed by atoms with van der Waals surface area (Å²) in [5.41, 5.74) is -1.02. The number of alkyl halides is 3. The van der Waals surface area contributed by atoms with Crippen LogP contribution in [0.1, 0.15) is 38.3 Å². The van der Waals surface area contributed by atoms with Crippen LogP contribution in [0.15, 0.2) is 42.5 Å². The fraction of sp³-hybridized carbons (Fsp3) is 0.440. The van der Waals surface area contributed by atoms with E-state index in [-0.39, 0.29) is 23.9 Å². The number of nitrogens with one attached hydrogen (secondary N) is 1. The fourth-order valence-corrected chi connectivity index (χ4v) is 4.85. The van der Waals surface area contributed by atoms with E-state index in [0.717, 1.165) is 12.3 Å². The molecule has 0 heterocycles. The van der Waals surface area contributed by atoms with Crippen LogP contribution >= 0.6 is 23.2 Å². The molecule has 2 rings (SSSR count). The van der Waals surface area contributed by atoms with Crippen LogP contribution in [-0.4, -0.2) is 50.5 Å². The highest BCUT2D eigenvalue weighted by Crippen LogP contribution is 2.36. The van der Waals surface area contributed by atoms with Gasteiger partial charge in [-0.25, -0.2) is 8.42 Å². The average Bonchev–Trinajstić information content (AvgIpc) is 2.81. The van der Waals surface area contributed by atoms with Crippen molar-refractivity contribution in [2.24, 2.45) is 5.92 Å². The normalized spacial score (nSPS) is 12.8. The van der Waals surface area contributed by atoms with Crippen LogP contribution in [0.5, 0.6) is 0 Å².